The summed E-state index contributed by atoms with van der Waals surface area (Å²) in [6.45, 7) is 0.952. The van der Waals surface area contributed by atoms with E-state index >= 15 is 0 Å². The van der Waals surface area contributed by atoms with E-state index in [2.05, 4.69) is 0 Å². The van der Waals surface area contributed by atoms with E-state index in [0.717, 1.165) is 5.56 Å². The van der Waals surface area contributed by atoms with Gasteiger partial charge in [0.15, 0.2) is 0 Å². The zero-order valence-electron chi connectivity index (χ0n) is 11.9. The number of ether oxygens (including phenoxy) is 1. The fourth-order valence-corrected chi connectivity index (χ4v) is 3.46. The van der Waals surface area contributed by atoms with Crippen molar-refractivity contribution in [2.24, 2.45) is 0 Å². The summed E-state index contributed by atoms with van der Waals surface area (Å²) < 4.78 is 6.32. The van der Waals surface area contributed by atoms with Crippen molar-refractivity contribution in [1.29, 1.82) is 0 Å². The van der Waals surface area contributed by atoms with E-state index in [1.807, 2.05) is 30.3 Å². The molecule has 1 aromatic carbocycles. The van der Waals surface area contributed by atoms with Crippen LogP contribution in [0.1, 0.15) is 37.4 Å². The number of carboxylic acid groups (broad SMARTS) is 1. The molecule has 1 aromatic rings. The molecule has 0 saturated carbocycles. The van der Waals surface area contributed by atoms with Gasteiger partial charge in [0.25, 0.3) is 0 Å². The van der Waals surface area contributed by atoms with Gasteiger partial charge in [-0.3, -0.25) is 0 Å². The van der Waals surface area contributed by atoms with E-state index in [1.54, 1.807) is 0 Å². The third-order valence-corrected chi connectivity index (χ3v) is 4.60. The zero-order chi connectivity index (χ0) is 14.9. The van der Waals surface area contributed by atoms with Crippen LogP contribution in [0.25, 0.3) is 0 Å². The molecule has 0 bridgehead atoms. The Morgan fingerprint density at radius 2 is 1.90 bits per heavy atom. The number of aliphatic hydroxyl groups is 1. The Bertz CT molecular complexity index is 496. The van der Waals surface area contributed by atoms with Crippen molar-refractivity contribution in [2.45, 2.75) is 43.5 Å². The predicted molar refractivity (Wildman–Crippen MR) is 77.1 cm³/mol. The first-order valence-electron chi connectivity index (χ1n) is 7.47. The van der Waals surface area contributed by atoms with Crippen LogP contribution in [0.4, 0.5) is 4.79 Å². The second-order valence-electron chi connectivity index (χ2n) is 6.06. The number of aliphatic hydroxyl groups excluding tert-OH is 1. The van der Waals surface area contributed by atoms with Crippen LogP contribution in [0.15, 0.2) is 30.3 Å². The monoisotopic (exact) mass is 291 g/mol. The normalized spacial score (nSPS) is 28.5. The third-order valence-electron chi connectivity index (χ3n) is 4.60. The molecule has 2 atom stereocenters. The maximum Gasteiger partial charge on any atom is 0.407 e. The van der Waals surface area contributed by atoms with Gasteiger partial charge in [-0.2, -0.15) is 0 Å². The van der Waals surface area contributed by atoms with Crippen LogP contribution < -0.4 is 0 Å². The highest BCUT2D eigenvalue weighted by molar-refractivity contribution is 5.65. The Balaban J connectivity index is 1.73. The molecule has 2 heterocycles. The lowest BCUT2D eigenvalue weighted by atomic mass is 9.81. The molecule has 2 aliphatic heterocycles. The van der Waals surface area contributed by atoms with Gasteiger partial charge in [0.1, 0.15) is 0 Å². The second-order valence-corrected chi connectivity index (χ2v) is 6.06. The minimum absolute atomic E-state index is 0.105. The van der Waals surface area contributed by atoms with Crippen molar-refractivity contribution in [3.05, 3.63) is 35.9 Å². The standard InChI is InChI=1S/C16H21NO4/c18-13-10-14(12-4-2-1-3-5-12)21-16(11-13)6-8-17(9-7-16)15(19)20/h1-5,13-14,18H,6-11H2,(H,19,20). The number of hydrogen-bond donors (Lipinski definition) is 2. The lowest BCUT2D eigenvalue weighted by Gasteiger charge is -2.47. The van der Waals surface area contributed by atoms with Gasteiger partial charge in [0.2, 0.25) is 0 Å². The third kappa shape index (κ3) is 3.04. The summed E-state index contributed by atoms with van der Waals surface area (Å²) in [6, 6.07) is 9.94. The molecule has 2 N–H and O–H groups in total. The second kappa shape index (κ2) is 5.66. The van der Waals surface area contributed by atoms with Crippen molar-refractivity contribution in [3.63, 3.8) is 0 Å². The first kappa shape index (κ1) is 14.4. The number of piperidine rings is 1. The molecule has 2 unspecified atom stereocenters. The molecule has 0 radical (unpaired) electrons. The molecule has 21 heavy (non-hydrogen) atoms. The topological polar surface area (TPSA) is 70.0 Å². The summed E-state index contributed by atoms with van der Waals surface area (Å²) >= 11 is 0. The molecule has 1 amide bonds. The van der Waals surface area contributed by atoms with E-state index in [0.29, 0.717) is 38.8 Å². The van der Waals surface area contributed by atoms with Crippen LogP contribution in [0.5, 0.6) is 0 Å². The number of likely N-dealkylation sites (tertiary alicyclic amines) is 1. The Morgan fingerprint density at radius 3 is 2.52 bits per heavy atom. The van der Waals surface area contributed by atoms with E-state index in [9.17, 15) is 9.90 Å². The Morgan fingerprint density at radius 1 is 1.24 bits per heavy atom. The smallest absolute Gasteiger partial charge is 0.407 e. The van der Waals surface area contributed by atoms with Crippen LogP contribution in [-0.4, -0.2) is 46.0 Å². The first-order chi connectivity index (χ1) is 10.1. The summed E-state index contributed by atoms with van der Waals surface area (Å²) in [5.74, 6) is 0. The van der Waals surface area contributed by atoms with Gasteiger partial charge in [0, 0.05) is 25.9 Å². The Kier molecular flexibility index (Phi) is 3.87. The molecule has 1 spiro atoms. The van der Waals surface area contributed by atoms with Crippen molar-refractivity contribution >= 4 is 6.09 Å². The van der Waals surface area contributed by atoms with Crippen LogP contribution >= 0.6 is 0 Å². The van der Waals surface area contributed by atoms with Crippen LogP contribution in [-0.2, 0) is 4.74 Å². The minimum Gasteiger partial charge on any atom is -0.465 e. The quantitative estimate of drug-likeness (QED) is 0.833. The number of nitrogens with zero attached hydrogens (tertiary/aromatic N) is 1. The highest BCUT2D eigenvalue weighted by Crippen LogP contribution is 2.42. The van der Waals surface area contributed by atoms with Crippen LogP contribution in [0.3, 0.4) is 0 Å². The highest BCUT2D eigenvalue weighted by Gasteiger charge is 2.44. The molecule has 5 nitrogen and oxygen atoms in total. The lowest BCUT2D eigenvalue weighted by molar-refractivity contribution is -0.182. The average Bonchev–Trinajstić information content (AvgIpc) is 2.48. The molecule has 2 fully saturated rings. The van der Waals surface area contributed by atoms with Crippen molar-refractivity contribution < 1.29 is 19.7 Å². The van der Waals surface area contributed by atoms with Gasteiger partial charge in [0.05, 0.1) is 17.8 Å². The van der Waals surface area contributed by atoms with Gasteiger partial charge in [-0.1, -0.05) is 30.3 Å². The van der Waals surface area contributed by atoms with Gasteiger partial charge in [-0.15, -0.1) is 0 Å². The van der Waals surface area contributed by atoms with Gasteiger partial charge in [-0.25, -0.2) is 4.79 Å². The molecule has 3 rings (SSSR count). The number of benzene rings is 1. The van der Waals surface area contributed by atoms with E-state index in [4.69, 9.17) is 9.84 Å². The summed E-state index contributed by atoms with van der Waals surface area (Å²) in [6.07, 6.45) is 1.14. The molecule has 0 aliphatic carbocycles. The minimum atomic E-state index is -0.874. The molecular weight excluding hydrogens is 270 g/mol. The van der Waals surface area contributed by atoms with Gasteiger partial charge < -0.3 is 19.8 Å². The largest absolute Gasteiger partial charge is 0.465 e. The molecule has 5 heteroatoms. The van der Waals surface area contributed by atoms with Gasteiger partial charge in [-0.05, 0) is 18.4 Å². The van der Waals surface area contributed by atoms with Gasteiger partial charge >= 0.3 is 6.09 Å². The molecule has 2 aliphatic rings. The number of carbonyl (C=O) groups is 1. The molecule has 0 aromatic heterocycles. The highest BCUT2D eigenvalue weighted by atomic mass is 16.5. The molecular formula is C16H21NO4. The van der Waals surface area contributed by atoms with Crippen LogP contribution in [0.2, 0.25) is 0 Å². The fraction of sp³-hybridized carbons (Fsp3) is 0.562. The maximum absolute atomic E-state index is 11.0. The van der Waals surface area contributed by atoms with Crippen molar-refractivity contribution in [2.75, 3.05) is 13.1 Å². The van der Waals surface area contributed by atoms with Crippen LogP contribution in [0, 0.1) is 0 Å². The Labute approximate surface area is 124 Å². The van der Waals surface area contributed by atoms with E-state index < -0.39 is 6.09 Å². The SMILES string of the molecule is O=C(O)N1CCC2(CC1)CC(O)CC(c1ccccc1)O2. The lowest BCUT2D eigenvalue weighted by Crippen LogP contribution is -2.52. The molecule has 2 saturated heterocycles. The summed E-state index contributed by atoms with van der Waals surface area (Å²) in [5.41, 5.74) is 0.695. The summed E-state index contributed by atoms with van der Waals surface area (Å²) in [5, 5.41) is 19.3. The van der Waals surface area contributed by atoms with E-state index in [1.165, 1.54) is 4.90 Å². The predicted octanol–water partition coefficient (Wildman–Crippen LogP) is 2.41. The first-order valence-corrected chi connectivity index (χ1v) is 7.47. The van der Waals surface area contributed by atoms with Crippen molar-refractivity contribution in [3.8, 4) is 0 Å². The summed E-state index contributed by atoms with van der Waals surface area (Å²) in [7, 11) is 0. The Hall–Kier alpha value is -1.59. The fourth-order valence-electron chi connectivity index (χ4n) is 3.46. The number of hydrogen-bond acceptors (Lipinski definition) is 3. The average molecular weight is 291 g/mol. The van der Waals surface area contributed by atoms with E-state index in [-0.39, 0.29) is 17.8 Å². The number of amides is 1. The number of rotatable bonds is 1. The maximum atomic E-state index is 11.0. The van der Waals surface area contributed by atoms with Crippen molar-refractivity contribution in [1.82, 2.24) is 4.90 Å². The zero-order valence-corrected chi connectivity index (χ0v) is 11.9. The summed E-state index contributed by atoms with van der Waals surface area (Å²) in [4.78, 5) is 12.4. The molecule has 114 valence electrons.